The molecule has 0 aliphatic rings. The molecule has 0 aliphatic carbocycles. The Bertz CT molecular complexity index is 476. The van der Waals surface area contributed by atoms with Crippen molar-refractivity contribution in [2.75, 3.05) is 0 Å². The Labute approximate surface area is 110 Å². The van der Waals surface area contributed by atoms with Gasteiger partial charge in [-0.25, -0.2) is 4.98 Å². The summed E-state index contributed by atoms with van der Waals surface area (Å²) in [5, 5.41) is 0. The first kappa shape index (κ1) is 12.3. The molecule has 0 aliphatic heterocycles. The molecule has 0 saturated heterocycles. The predicted octanol–water partition coefficient (Wildman–Crippen LogP) is 3.64. The van der Waals surface area contributed by atoms with E-state index in [1.54, 1.807) is 0 Å². The van der Waals surface area contributed by atoms with Gasteiger partial charge in [-0.1, -0.05) is 41.4 Å². The van der Waals surface area contributed by atoms with Crippen molar-refractivity contribution in [2.45, 2.75) is 25.8 Å². The summed E-state index contributed by atoms with van der Waals surface area (Å²) in [6, 6.07) is 8.13. The second kappa shape index (κ2) is 5.47. The molecular weight excluding hydrogens is 278 g/mol. The zero-order valence-corrected chi connectivity index (χ0v) is 11.4. The van der Waals surface area contributed by atoms with E-state index < -0.39 is 0 Å². The van der Waals surface area contributed by atoms with Crippen molar-refractivity contribution in [3.8, 4) is 11.3 Å². The van der Waals surface area contributed by atoms with Crippen LogP contribution in [0.25, 0.3) is 11.3 Å². The minimum absolute atomic E-state index is 0.00389. The highest BCUT2D eigenvalue weighted by Gasteiger charge is 2.09. The molecule has 3 N–H and O–H groups in total. The molecule has 0 bridgehead atoms. The van der Waals surface area contributed by atoms with Crippen molar-refractivity contribution in [1.29, 1.82) is 0 Å². The number of aromatic nitrogens is 2. The number of nitrogens with two attached hydrogens (primary N) is 1. The molecule has 1 aromatic heterocycles. The third kappa shape index (κ3) is 2.96. The molecular formula is C13H16BrN3. The van der Waals surface area contributed by atoms with Gasteiger partial charge in [0.15, 0.2) is 0 Å². The molecule has 0 fully saturated rings. The summed E-state index contributed by atoms with van der Waals surface area (Å²) in [6.07, 6.45) is 3.86. The molecule has 0 spiro atoms. The van der Waals surface area contributed by atoms with Crippen LogP contribution in [0.2, 0.25) is 0 Å². The van der Waals surface area contributed by atoms with Crippen LogP contribution in [0.15, 0.2) is 34.9 Å². The van der Waals surface area contributed by atoms with Crippen LogP contribution in [-0.4, -0.2) is 9.97 Å². The van der Waals surface area contributed by atoms with Gasteiger partial charge < -0.3 is 10.7 Å². The maximum Gasteiger partial charge on any atom is 0.123 e. The monoisotopic (exact) mass is 293 g/mol. The van der Waals surface area contributed by atoms with Crippen molar-refractivity contribution in [3.63, 3.8) is 0 Å². The van der Waals surface area contributed by atoms with Crippen LogP contribution in [0.1, 0.15) is 31.6 Å². The molecule has 1 aromatic carbocycles. The number of benzene rings is 1. The van der Waals surface area contributed by atoms with Gasteiger partial charge in [-0.05, 0) is 24.1 Å². The maximum absolute atomic E-state index is 6.02. The fraction of sp³-hybridized carbons (Fsp3) is 0.308. The Balaban J connectivity index is 2.20. The number of rotatable bonds is 4. The molecule has 4 heteroatoms. The van der Waals surface area contributed by atoms with Crippen LogP contribution in [0.4, 0.5) is 0 Å². The number of imidazole rings is 1. The Morgan fingerprint density at radius 2 is 2.06 bits per heavy atom. The Morgan fingerprint density at radius 1 is 1.35 bits per heavy atom. The van der Waals surface area contributed by atoms with Gasteiger partial charge in [-0.3, -0.25) is 0 Å². The normalized spacial score (nSPS) is 12.6. The van der Waals surface area contributed by atoms with E-state index in [0.717, 1.165) is 34.4 Å². The summed E-state index contributed by atoms with van der Waals surface area (Å²) in [5.74, 6) is 0.866. The van der Waals surface area contributed by atoms with E-state index in [-0.39, 0.29) is 6.04 Å². The van der Waals surface area contributed by atoms with Crippen molar-refractivity contribution >= 4 is 15.9 Å². The molecule has 1 atom stereocenters. The summed E-state index contributed by atoms with van der Waals surface area (Å²) in [6.45, 7) is 2.12. The van der Waals surface area contributed by atoms with Gasteiger partial charge in [-0.2, -0.15) is 0 Å². The lowest BCUT2D eigenvalue weighted by molar-refractivity contribution is 0.609. The first-order valence-corrected chi connectivity index (χ1v) is 6.56. The van der Waals surface area contributed by atoms with Crippen molar-refractivity contribution < 1.29 is 0 Å². The van der Waals surface area contributed by atoms with Gasteiger partial charge in [0.05, 0.1) is 17.9 Å². The molecule has 2 rings (SSSR count). The zero-order valence-electron chi connectivity index (χ0n) is 9.78. The molecule has 1 unspecified atom stereocenters. The summed E-state index contributed by atoms with van der Waals surface area (Å²) in [7, 11) is 0. The molecule has 17 heavy (non-hydrogen) atoms. The number of nitrogens with zero attached hydrogens (tertiary/aromatic N) is 1. The van der Waals surface area contributed by atoms with Gasteiger partial charge in [-0.15, -0.1) is 0 Å². The third-order valence-corrected chi connectivity index (χ3v) is 3.23. The molecule has 2 aromatic rings. The van der Waals surface area contributed by atoms with E-state index in [0.29, 0.717) is 0 Å². The topological polar surface area (TPSA) is 54.7 Å². The smallest absolute Gasteiger partial charge is 0.123 e. The first-order valence-electron chi connectivity index (χ1n) is 5.77. The summed E-state index contributed by atoms with van der Waals surface area (Å²) in [5.41, 5.74) is 8.15. The largest absolute Gasteiger partial charge is 0.341 e. The van der Waals surface area contributed by atoms with Gasteiger partial charge in [0, 0.05) is 4.47 Å². The number of hydrogen-bond donors (Lipinski definition) is 2. The Hall–Kier alpha value is -1.13. The fourth-order valence-electron chi connectivity index (χ4n) is 1.75. The number of aromatic amines is 1. The zero-order chi connectivity index (χ0) is 12.3. The SMILES string of the molecule is CCCC(N)c1ncc(-c2ccc(Br)cc2)[nH]1. The average molecular weight is 294 g/mol. The maximum atomic E-state index is 6.02. The number of nitrogens with one attached hydrogen (secondary N) is 1. The van der Waals surface area contributed by atoms with Crippen LogP contribution in [0, 0.1) is 0 Å². The molecule has 0 saturated carbocycles. The van der Waals surface area contributed by atoms with Crippen molar-refractivity contribution in [1.82, 2.24) is 9.97 Å². The van der Waals surface area contributed by atoms with E-state index in [4.69, 9.17) is 5.73 Å². The molecule has 1 heterocycles. The summed E-state index contributed by atoms with van der Waals surface area (Å²) < 4.78 is 1.07. The Kier molecular flexibility index (Phi) is 3.97. The van der Waals surface area contributed by atoms with Crippen LogP contribution < -0.4 is 5.73 Å². The standard InChI is InChI=1S/C13H16BrN3/c1-2-3-11(15)13-16-8-12(17-13)9-4-6-10(14)7-5-9/h4-8,11H,2-3,15H2,1H3,(H,16,17). The highest BCUT2D eigenvalue weighted by atomic mass is 79.9. The quantitative estimate of drug-likeness (QED) is 0.904. The highest BCUT2D eigenvalue weighted by Crippen LogP contribution is 2.22. The first-order chi connectivity index (χ1) is 8.20. The molecule has 3 nitrogen and oxygen atoms in total. The van der Waals surface area contributed by atoms with Crippen LogP contribution in [0.5, 0.6) is 0 Å². The van der Waals surface area contributed by atoms with Gasteiger partial charge in [0.2, 0.25) is 0 Å². The minimum Gasteiger partial charge on any atom is -0.341 e. The summed E-state index contributed by atoms with van der Waals surface area (Å²) >= 11 is 3.42. The van der Waals surface area contributed by atoms with Gasteiger partial charge in [0.1, 0.15) is 5.82 Å². The third-order valence-electron chi connectivity index (χ3n) is 2.70. The minimum atomic E-state index is 0.00389. The molecule has 0 amide bonds. The van der Waals surface area contributed by atoms with Gasteiger partial charge in [0.25, 0.3) is 0 Å². The van der Waals surface area contributed by atoms with Crippen LogP contribution in [0.3, 0.4) is 0 Å². The van der Waals surface area contributed by atoms with E-state index in [9.17, 15) is 0 Å². The van der Waals surface area contributed by atoms with Gasteiger partial charge >= 0.3 is 0 Å². The van der Waals surface area contributed by atoms with Crippen molar-refractivity contribution in [3.05, 3.63) is 40.8 Å². The molecule has 0 radical (unpaired) electrons. The van der Waals surface area contributed by atoms with E-state index in [1.807, 2.05) is 30.5 Å². The summed E-state index contributed by atoms with van der Waals surface area (Å²) in [4.78, 5) is 7.62. The van der Waals surface area contributed by atoms with E-state index in [1.165, 1.54) is 0 Å². The lowest BCUT2D eigenvalue weighted by Crippen LogP contribution is -2.11. The molecule has 90 valence electrons. The number of H-pyrrole nitrogens is 1. The second-order valence-electron chi connectivity index (χ2n) is 4.08. The predicted molar refractivity (Wildman–Crippen MR) is 73.6 cm³/mol. The van der Waals surface area contributed by atoms with Crippen LogP contribution in [-0.2, 0) is 0 Å². The Morgan fingerprint density at radius 3 is 2.71 bits per heavy atom. The van der Waals surface area contributed by atoms with Crippen molar-refractivity contribution in [2.24, 2.45) is 5.73 Å². The number of halogens is 1. The fourth-order valence-corrected chi connectivity index (χ4v) is 2.01. The number of hydrogen-bond acceptors (Lipinski definition) is 2. The highest BCUT2D eigenvalue weighted by molar-refractivity contribution is 9.10. The average Bonchev–Trinajstić information content (AvgIpc) is 2.80. The van der Waals surface area contributed by atoms with E-state index >= 15 is 0 Å². The second-order valence-corrected chi connectivity index (χ2v) is 5.00. The van der Waals surface area contributed by atoms with Crippen LogP contribution >= 0.6 is 15.9 Å². The lowest BCUT2D eigenvalue weighted by atomic mass is 10.1. The van der Waals surface area contributed by atoms with E-state index in [2.05, 4.69) is 32.8 Å². The lowest BCUT2D eigenvalue weighted by Gasteiger charge is -2.05.